The minimum absolute atomic E-state index is 0.179. The Morgan fingerprint density at radius 2 is 1.97 bits per heavy atom. The predicted molar refractivity (Wildman–Crippen MR) is 130 cm³/mol. The summed E-state index contributed by atoms with van der Waals surface area (Å²) in [5, 5.41) is 4.09. The van der Waals surface area contributed by atoms with Gasteiger partial charge in [-0.1, -0.05) is 30.3 Å². The average Bonchev–Trinajstić information content (AvgIpc) is 2.84. The van der Waals surface area contributed by atoms with Gasteiger partial charge in [0.05, 0.1) is 16.8 Å². The minimum Gasteiger partial charge on any atom is -0.322 e. The highest BCUT2D eigenvalue weighted by molar-refractivity contribution is 6.04. The first kappa shape index (κ1) is 21.2. The minimum atomic E-state index is -0.179. The Morgan fingerprint density at radius 3 is 2.82 bits per heavy atom. The lowest BCUT2D eigenvalue weighted by Crippen LogP contribution is -2.34. The number of nitrogens with one attached hydrogen (secondary N) is 1. The maximum Gasteiger partial charge on any atom is 0.259 e. The first-order valence-electron chi connectivity index (χ1n) is 11.4. The van der Waals surface area contributed by atoms with E-state index in [-0.39, 0.29) is 11.8 Å². The third kappa shape index (κ3) is 4.91. The summed E-state index contributed by atoms with van der Waals surface area (Å²) in [5.74, 6) is 0.920. The molecule has 4 aromatic rings. The highest BCUT2D eigenvalue weighted by Crippen LogP contribution is 2.26. The van der Waals surface area contributed by atoms with E-state index in [0.29, 0.717) is 11.3 Å². The molecule has 1 N–H and O–H groups in total. The zero-order valence-electron chi connectivity index (χ0n) is 18.7. The second-order valence-corrected chi connectivity index (χ2v) is 8.65. The average molecular weight is 438 g/mol. The van der Waals surface area contributed by atoms with Crippen LogP contribution in [-0.4, -0.2) is 38.8 Å². The Morgan fingerprint density at radius 1 is 1.09 bits per heavy atom. The highest BCUT2D eigenvalue weighted by atomic mass is 16.1. The lowest BCUT2D eigenvalue weighted by Gasteiger charge is -2.32. The van der Waals surface area contributed by atoms with Crippen LogP contribution in [0.4, 0.5) is 5.69 Å². The Bertz CT molecular complexity index is 1270. The van der Waals surface area contributed by atoms with Gasteiger partial charge in [0.25, 0.3) is 5.91 Å². The smallest absolute Gasteiger partial charge is 0.259 e. The van der Waals surface area contributed by atoms with Crippen LogP contribution in [0, 0.1) is 6.92 Å². The summed E-state index contributed by atoms with van der Waals surface area (Å²) in [5.41, 5.74) is 4.31. The van der Waals surface area contributed by atoms with Crippen molar-refractivity contribution in [2.75, 3.05) is 18.4 Å². The number of aromatic nitrogens is 3. The number of carbonyl (C=O) groups excluding carboxylic acids is 1. The molecule has 0 aliphatic carbocycles. The molecule has 3 heterocycles. The molecule has 1 aliphatic heterocycles. The van der Waals surface area contributed by atoms with Crippen LogP contribution in [-0.2, 0) is 6.54 Å². The molecular weight excluding hydrogens is 410 g/mol. The van der Waals surface area contributed by atoms with E-state index in [1.807, 2.05) is 49.5 Å². The van der Waals surface area contributed by atoms with Crippen LogP contribution in [0.3, 0.4) is 0 Å². The van der Waals surface area contributed by atoms with E-state index in [1.165, 1.54) is 10.9 Å². The van der Waals surface area contributed by atoms with E-state index in [4.69, 9.17) is 4.98 Å². The van der Waals surface area contributed by atoms with E-state index in [2.05, 4.69) is 44.5 Å². The van der Waals surface area contributed by atoms with Crippen molar-refractivity contribution in [1.29, 1.82) is 0 Å². The fourth-order valence-electron chi connectivity index (χ4n) is 4.52. The second-order valence-electron chi connectivity index (χ2n) is 8.65. The van der Waals surface area contributed by atoms with E-state index in [1.54, 1.807) is 6.20 Å². The first-order chi connectivity index (χ1) is 16.2. The van der Waals surface area contributed by atoms with Gasteiger partial charge >= 0.3 is 0 Å². The molecule has 166 valence electrons. The monoisotopic (exact) mass is 437 g/mol. The lowest BCUT2D eigenvalue weighted by atomic mass is 9.96. The van der Waals surface area contributed by atoms with Gasteiger partial charge in [-0.25, -0.2) is 9.97 Å². The van der Waals surface area contributed by atoms with Crippen molar-refractivity contribution in [3.63, 3.8) is 0 Å². The second kappa shape index (κ2) is 9.46. The molecule has 1 atom stereocenters. The number of para-hydroxylation sites is 1. The van der Waals surface area contributed by atoms with Crippen molar-refractivity contribution in [2.45, 2.75) is 32.2 Å². The lowest BCUT2D eigenvalue weighted by molar-refractivity contribution is 0.102. The molecule has 0 spiro atoms. The van der Waals surface area contributed by atoms with Crippen LogP contribution < -0.4 is 5.32 Å². The van der Waals surface area contributed by atoms with Gasteiger partial charge in [0, 0.05) is 42.5 Å². The zero-order chi connectivity index (χ0) is 22.6. The number of piperidine rings is 1. The molecule has 2 aromatic heterocycles. The zero-order valence-corrected chi connectivity index (χ0v) is 18.7. The normalized spacial score (nSPS) is 16.6. The van der Waals surface area contributed by atoms with Crippen molar-refractivity contribution in [2.24, 2.45) is 0 Å². The standard InChI is InChI=1S/C27H27N5O/c1-19-24(27(33)31-23-9-3-2-4-10-23)16-29-26(30-19)22-8-6-14-32(18-22)17-20-11-12-25-21(15-20)7-5-13-28-25/h2-5,7,9-13,15-16,22H,6,8,14,17-18H2,1H3,(H,31,33). The number of amides is 1. The molecule has 0 radical (unpaired) electrons. The molecule has 6 heteroatoms. The SMILES string of the molecule is Cc1nc(C2CCCN(Cc3ccc4ncccc4c3)C2)ncc1C(=O)Nc1ccccc1. The van der Waals surface area contributed by atoms with Crippen LogP contribution in [0.15, 0.2) is 73.1 Å². The molecule has 5 rings (SSSR count). The third-order valence-electron chi connectivity index (χ3n) is 6.22. The number of aryl methyl sites for hydroxylation is 1. The van der Waals surface area contributed by atoms with E-state index in [0.717, 1.165) is 49.5 Å². The summed E-state index contributed by atoms with van der Waals surface area (Å²) in [6.45, 7) is 4.77. The molecule has 1 amide bonds. The van der Waals surface area contributed by atoms with Gasteiger partial charge in [0.1, 0.15) is 5.82 Å². The number of anilines is 1. The Labute approximate surface area is 193 Å². The first-order valence-corrected chi connectivity index (χ1v) is 11.4. The van der Waals surface area contributed by atoms with Gasteiger partial charge in [0.2, 0.25) is 0 Å². The maximum absolute atomic E-state index is 12.7. The van der Waals surface area contributed by atoms with Crippen LogP contribution in [0.5, 0.6) is 0 Å². The number of carbonyl (C=O) groups is 1. The topological polar surface area (TPSA) is 71.0 Å². The molecule has 1 fully saturated rings. The fourth-order valence-corrected chi connectivity index (χ4v) is 4.52. The molecular formula is C27H27N5O. The number of hydrogen-bond acceptors (Lipinski definition) is 5. The third-order valence-corrected chi connectivity index (χ3v) is 6.22. The number of nitrogens with zero attached hydrogens (tertiary/aromatic N) is 4. The molecule has 1 saturated heterocycles. The Kier molecular flexibility index (Phi) is 6.09. The molecule has 1 aliphatic rings. The number of rotatable bonds is 5. The van der Waals surface area contributed by atoms with Crippen molar-refractivity contribution in [1.82, 2.24) is 19.9 Å². The van der Waals surface area contributed by atoms with Gasteiger partial charge in [0.15, 0.2) is 0 Å². The number of likely N-dealkylation sites (tertiary alicyclic amines) is 1. The van der Waals surface area contributed by atoms with Gasteiger partial charge in [-0.05, 0) is 62.2 Å². The summed E-state index contributed by atoms with van der Waals surface area (Å²) in [6.07, 6.45) is 5.67. The molecule has 1 unspecified atom stereocenters. The molecule has 2 aromatic carbocycles. The summed E-state index contributed by atoms with van der Waals surface area (Å²) in [7, 11) is 0. The van der Waals surface area contributed by atoms with Gasteiger partial charge < -0.3 is 5.32 Å². The Hall–Kier alpha value is -3.64. The van der Waals surface area contributed by atoms with Crippen molar-refractivity contribution in [3.8, 4) is 0 Å². The van der Waals surface area contributed by atoms with E-state index in [9.17, 15) is 4.79 Å². The van der Waals surface area contributed by atoms with Gasteiger partial charge in [-0.15, -0.1) is 0 Å². The van der Waals surface area contributed by atoms with Crippen LogP contribution >= 0.6 is 0 Å². The number of benzene rings is 2. The van der Waals surface area contributed by atoms with E-state index < -0.39 is 0 Å². The summed E-state index contributed by atoms with van der Waals surface area (Å²) < 4.78 is 0. The summed E-state index contributed by atoms with van der Waals surface area (Å²) in [6, 6.07) is 20.0. The molecule has 33 heavy (non-hydrogen) atoms. The van der Waals surface area contributed by atoms with Crippen LogP contribution in [0.2, 0.25) is 0 Å². The van der Waals surface area contributed by atoms with Gasteiger partial charge in [-0.2, -0.15) is 0 Å². The van der Waals surface area contributed by atoms with Crippen molar-refractivity contribution in [3.05, 3.63) is 95.7 Å². The number of fused-ring (bicyclic) bond motifs is 1. The number of pyridine rings is 1. The summed E-state index contributed by atoms with van der Waals surface area (Å²) >= 11 is 0. The summed E-state index contributed by atoms with van der Waals surface area (Å²) in [4.78, 5) is 28.9. The largest absolute Gasteiger partial charge is 0.322 e. The van der Waals surface area contributed by atoms with Crippen LogP contribution in [0.1, 0.15) is 46.2 Å². The fraction of sp³-hybridized carbons (Fsp3) is 0.259. The molecule has 0 saturated carbocycles. The molecule has 6 nitrogen and oxygen atoms in total. The quantitative estimate of drug-likeness (QED) is 0.478. The number of hydrogen-bond donors (Lipinski definition) is 1. The van der Waals surface area contributed by atoms with Crippen molar-refractivity contribution < 1.29 is 4.79 Å². The predicted octanol–water partition coefficient (Wildman–Crippen LogP) is 4.97. The van der Waals surface area contributed by atoms with Crippen molar-refractivity contribution >= 4 is 22.5 Å². The van der Waals surface area contributed by atoms with Crippen LogP contribution in [0.25, 0.3) is 10.9 Å². The van der Waals surface area contributed by atoms with E-state index >= 15 is 0 Å². The van der Waals surface area contributed by atoms with Gasteiger partial charge in [-0.3, -0.25) is 14.7 Å². The highest BCUT2D eigenvalue weighted by Gasteiger charge is 2.24. The molecule has 0 bridgehead atoms. The Balaban J connectivity index is 1.27. The maximum atomic E-state index is 12.7.